The Labute approximate surface area is 142 Å². The van der Waals surface area contributed by atoms with Gasteiger partial charge in [-0.3, -0.25) is 14.9 Å². The number of nitrogens with one attached hydrogen (secondary N) is 1. The lowest BCUT2D eigenvalue weighted by Gasteiger charge is -2.15. The molecule has 0 spiro atoms. The Morgan fingerprint density at radius 1 is 1.08 bits per heavy atom. The molecule has 0 fully saturated rings. The summed E-state index contributed by atoms with van der Waals surface area (Å²) in [5, 5.41) is 16.3. The number of pyridine rings is 1. The van der Waals surface area contributed by atoms with Gasteiger partial charge in [0.15, 0.2) is 0 Å². The lowest BCUT2D eigenvalue weighted by atomic mass is 10.1. The van der Waals surface area contributed by atoms with E-state index >= 15 is 0 Å². The van der Waals surface area contributed by atoms with Crippen molar-refractivity contribution in [2.24, 2.45) is 0 Å². The minimum Gasteiger partial charge on any atom is -0.478 e. The fourth-order valence-corrected chi connectivity index (χ4v) is 2.94. The predicted molar refractivity (Wildman–Crippen MR) is 88.8 cm³/mol. The third-order valence-corrected chi connectivity index (χ3v) is 4.23. The number of carboxylic acid groups (broad SMARTS) is 1. The van der Waals surface area contributed by atoms with Crippen molar-refractivity contribution in [3.63, 3.8) is 0 Å². The summed E-state index contributed by atoms with van der Waals surface area (Å²) >= 11 is 0. The monoisotopic (exact) mass is 334 g/mol. The van der Waals surface area contributed by atoms with Gasteiger partial charge in [-0.15, -0.1) is 0 Å². The second kappa shape index (κ2) is 5.86. The van der Waals surface area contributed by atoms with Gasteiger partial charge in [0.1, 0.15) is 5.69 Å². The van der Waals surface area contributed by atoms with Gasteiger partial charge in [-0.05, 0) is 24.3 Å². The van der Waals surface area contributed by atoms with E-state index < -0.39 is 5.97 Å². The van der Waals surface area contributed by atoms with E-state index in [0.717, 1.165) is 22.5 Å². The fraction of sp³-hybridized carbons (Fsp3) is 0.111. The van der Waals surface area contributed by atoms with Gasteiger partial charge in [-0.1, -0.05) is 18.2 Å². The number of rotatable bonds is 3. The number of nitrogens with zero attached hydrogens (tertiary/aromatic N) is 3. The number of hydrogen-bond acceptors (Lipinski definition) is 4. The van der Waals surface area contributed by atoms with Crippen molar-refractivity contribution < 1.29 is 14.7 Å². The summed E-state index contributed by atoms with van der Waals surface area (Å²) in [7, 11) is 0. The van der Waals surface area contributed by atoms with E-state index in [-0.39, 0.29) is 11.5 Å². The van der Waals surface area contributed by atoms with E-state index in [1.165, 1.54) is 0 Å². The number of aromatic nitrogens is 3. The lowest BCUT2D eigenvalue weighted by molar-refractivity contribution is 0.0695. The standard InChI is InChI=1S/C18H14N4O3/c23-17(14-3-1-2-8-19-14)22-9-13-15(10-22)20-21-16(13)11-4-6-12(7-5-11)18(24)25/h1-8H,9-10H2,(H,20,21)(H,24,25). The van der Waals surface area contributed by atoms with Crippen LogP contribution in [0.2, 0.25) is 0 Å². The maximum absolute atomic E-state index is 12.5. The number of fused-ring (bicyclic) bond motifs is 1. The molecule has 0 bridgehead atoms. The molecule has 3 aromatic rings. The smallest absolute Gasteiger partial charge is 0.335 e. The zero-order valence-corrected chi connectivity index (χ0v) is 13.1. The lowest BCUT2D eigenvalue weighted by Crippen LogP contribution is -2.26. The molecule has 1 aliphatic heterocycles. The molecule has 0 radical (unpaired) electrons. The molecule has 7 heteroatoms. The summed E-state index contributed by atoms with van der Waals surface area (Å²) in [6.07, 6.45) is 1.60. The Morgan fingerprint density at radius 3 is 2.56 bits per heavy atom. The number of carbonyl (C=O) groups excluding carboxylic acids is 1. The van der Waals surface area contributed by atoms with E-state index in [9.17, 15) is 9.59 Å². The largest absolute Gasteiger partial charge is 0.478 e. The topological polar surface area (TPSA) is 99.2 Å². The van der Waals surface area contributed by atoms with Gasteiger partial charge in [-0.2, -0.15) is 5.10 Å². The first-order valence-corrected chi connectivity index (χ1v) is 7.73. The summed E-state index contributed by atoms with van der Waals surface area (Å²) in [5.74, 6) is -1.09. The van der Waals surface area contributed by atoms with Crippen LogP contribution in [0.3, 0.4) is 0 Å². The van der Waals surface area contributed by atoms with Crippen molar-refractivity contribution in [1.29, 1.82) is 0 Å². The van der Waals surface area contributed by atoms with E-state index in [0.29, 0.717) is 18.8 Å². The number of H-pyrrole nitrogens is 1. The van der Waals surface area contributed by atoms with E-state index in [1.54, 1.807) is 53.6 Å². The number of hydrogen-bond donors (Lipinski definition) is 2. The number of benzene rings is 1. The first kappa shape index (κ1) is 15.1. The molecule has 0 aliphatic carbocycles. The summed E-state index contributed by atoms with van der Waals surface area (Å²) in [4.78, 5) is 29.3. The second-order valence-electron chi connectivity index (χ2n) is 5.79. The molecule has 0 unspecified atom stereocenters. The van der Waals surface area contributed by atoms with Crippen LogP contribution >= 0.6 is 0 Å². The van der Waals surface area contributed by atoms with Gasteiger partial charge in [0.2, 0.25) is 0 Å². The van der Waals surface area contributed by atoms with Crippen LogP contribution in [0.25, 0.3) is 11.3 Å². The Morgan fingerprint density at radius 2 is 1.88 bits per heavy atom. The van der Waals surface area contributed by atoms with Crippen molar-refractivity contribution in [1.82, 2.24) is 20.1 Å². The zero-order chi connectivity index (χ0) is 17.4. The molecule has 124 valence electrons. The normalized spacial score (nSPS) is 12.9. The predicted octanol–water partition coefficient (Wildman–Crippen LogP) is 2.33. The molecule has 4 rings (SSSR count). The molecule has 1 aliphatic rings. The van der Waals surface area contributed by atoms with E-state index in [1.807, 2.05) is 0 Å². The zero-order valence-electron chi connectivity index (χ0n) is 13.1. The quantitative estimate of drug-likeness (QED) is 0.766. The first-order valence-electron chi connectivity index (χ1n) is 7.73. The molecule has 25 heavy (non-hydrogen) atoms. The van der Waals surface area contributed by atoms with Crippen LogP contribution in [0.5, 0.6) is 0 Å². The maximum Gasteiger partial charge on any atom is 0.335 e. The van der Waals surface area contributed by atoms with Crippen molar-refractivity contribution in [3.05, 3.63) is 71.2 Å². The van der Waals surface area contributed by atoms with Crippen molar-refractivity contribution >= 4 is 11.9 Å². The van der Waals surface area contributed by atoms with Gasteiger partial charge < -0.3 is 10.0 Å². The van der Waals surface area contributed by atoms with Crippen LogP contribution in [0.4, 0.5) is 0 Å². The van der Waals surface area contributed by atoms with Crippen LogP contribution in [0.15, 0.2) is 48.7 Å². The van der Waals surface area contributed by atoms with Crippen LogP contribution in [-0.2, 0) is 13.1 Å². The second-order valence-corrected chi connectivity index (χ2v) is 5.79. The molecule has 3 heterocycles. The molecule has 2 N–H and O–H groups in total. The molecule has 0 atom stereocenters. The summed E-state index contributed by atoms with van der Waals surface area (Å²) in [5.41, 5.74) is 4.03. The third-order valence-electron chi connectivity index (χ3n) is 4.23. The average Bonchev–Trinajstić information content (AvgIpc) is 3.22. The van der Waals surface area contributed by atoms with Gasteiger partial charge in [0, 0.05) is 17.3 Å². The minimum atomic E-state index is -0.967. The highest BCUT2D eigenvalue weighted by Gasteiger charge is 2.29. The fourth-order valence-electron chi connectivity index (χ4n) is 2.94. The number of carboxylic acids is 1. The Balaban J connectivity index is 1.59. The molecule has 0 saturated heterocycles. The number of aromatic carboxylic acids is 1. The molecular weight excluding hydrogens is 320 g/mol. The average molecular weight is 334 g/mol. The van der Waals surface area contributed by atoms with Crippen LogP contribution in [0.1, 0.15) is 32.1 Å². The Kier molecular flexibility index (Phi) is 3.53. The van der Waals surface area contributed by atoms with Gasteiger partial charge in [-0.25, -0.2) is 4.79 Å². The minimum absolute atomic E-state index is 0.127. The molecule has 0 saturated carbocycles. The Hall–Kier alpha value is -3.48. The summed E-state index contributed by atoms with van der Waals surface area (Å²) < 4.78 is 0. The van der Waals surface area contributed by atoms with Crippen molar-refractivity contribution in [2.45, 2.75) is 13.1 Å². The SMILES string of the molecule is O=C(O)c1ccc(-c2n[nH]c3c2CN(C(=O)c2ccccn2)C3)cc1. The summed E-state index contributed by atoms with van der Waals surface area (Å²) in [6.45, 7) is 0.891. The van der Waals surface area contributed by atoms with Gasteiger partial charge >= 0.3 is 5.97 Å². The highest BCUT2D eigenvalue weighted by molar-refractivity contribution is 5.93. The van der Waals surface area contributed by atoms with Crippen LogP contribution < -0.4 is 0 Å². The highest BCUT2D eigenvalue weighted by Crippen LogP contribution is 2.31. The number of aromatic amines is 1. The number of amides is 1. The maximum atomic E-state index is 12.5. The Bertz CT molecular complexity index is 948. The van der Waals surface area contributed by atoms with Crippen molar-refractivity contribution in [2.75, 3.05) is 0 Å². The van der Waals surface area contributed by atoms with Gasteiger partial charge in [0.05, 0.1) is 30.0 Å². The number of carbonyl (C=O) groups is 2. The molecular formula is C18H14N4O3. The van der Waals surface area contributed by atoms with Crippen molar-refractivity contribution in [3.8, 4) is 11.3 Å². The molecule has 1 aromatic carbocycles. The van der Waals surface area contributed by atoms with Gasteiger partial charge in [0.25, 0.3) is 5.91 Å². The molecule has 1 amide bonds. The van der Waals surface area contributed by atoms with Crippen LogP contribution in [-0.4, -0.2) is 37.1 Å². The van der Waals surface area contributed by atoms with E-state index in [4.69, 9.17) is 5.11 Å². The third kappa shape index (κ3) is 2.65. The highest BCUT2D eigenvalue weighted by atomic mass is 16.4. The van der Waals surface area contributed by atoms with E-state index in [2.05, 4.69) is 15.2 Å². The van der Waals surface area contributed by atoms with Crippen LogP contribution in [0, 0.1) is 0 Å². The first-order chi connectivity index (χ1) is 12.1. The molecule has 7 nitrogen and oxygen atoms in total. The molecule has 2 aromatic heterocycles. The summed E-state index contributed by atoms with van der Waals surface area (Å²) in [6, 6.07) is 11.8.